The number of rotatable bonds is 7. The van der Waals surface area contributed by atoms with Crippen molar-refractivity contribution in [2.24, 2.45) is 10.2 Å². The van der Waals surface area contributed by atoms with Gasteiger partial charge in [-0.05, 0) is 61.9 Å². The normalized spacial score (nSPS) is 15.6. The molecule has 7 nitrogen and oxygen atoms in total. The summed E-state index contributed by atoms with van der Waals surface area (Å²) < 4.78 is 29.6. The highest BCUT2D eigenvalue weighted by Gasteiger charge is 2.29. The van der Waals surface area contributed by atoms with Crippen LogP contribution in [0.2, 0.25) is 0 Å². The zero-order valence-electron chi connectivity index (χ0n) is 16.6. The van der Waals surface area contributed by atoms with E-state index in [1.165, 1.54) is 29.3 Å². The summed E-state index contributed by atoms with van der Waals surface area (Å²) in [7, 11) is -3.81. The van der Waals surface area contributed by atoms with E-state index in [1.54, 1.807) is 13.0 Å². The van der Waals surface area contributed by atoms with Gasteiger partial charge in [-0.3, -0.25) is 4.79 Å². The van der Waals surface area contributed by atoms with Gasteiger partial charge in [-0.15, -0.1) is 0 Å². The first-order chi connectivity index (χ1) is 14.2. The molecule has 0 saturated carbocycles. The molecule has 0 aromatic heterocycles. The summed E-state index contributed by atoms with van der Waals surface area (Å²) in [6, 6.07) is 11.3. The first kappa shape index (κ1) is 22.2. The maximum absolute atomic E-state index is 13.0. The number of benzene rings is 2. The van der Waals surface area contributed by atoms with Gasteiger partial charge in [-0.2, -0.15) is 10.1 Å². The molecule has 0 saturated heterocycles. The number of carbonyl (C=O) groups excluding carboxylic acids is 1. The monoisotopic (exact) mass is 491 g/mol. The second-order valence-electron chi connectivity index (χ2n) is 6.78. The fourth-order valence-corrected chi connectivity index (χ4v) is 3.78. The van der Waals surface area contributed by atoms with Crippen LogP contribution in [0.5, 0.6) is 5.75 Å². The van der Waals surface area contributed by atoms with Crippen LogP contribution in [0.4, 0.5) is 5.69 Å². The van der Waals surface area contributed by atoms with Gasteiger partial charge in [0.05, 0.1) is 28.5 Å². The molecule has 1 aliphatic rings. The number of hydrazone groups is 1. The van der Waals surface area contributed by atoms with Crippen LogP contribution in [0.3, 0.4) is 0 Å². The smallest absolute Gasteiger partial charge is 0.280 e. The minimum Gasteiger partial charge on any atom is -0.493 e. The molecule has 0 atom stereocenters. The predicted molar refractivity (Wildman–Crippen MR) is 121 cm³/mol. The van der Waals surface area contributed by atoms with E-state index in [2.05, 4.69) is 28.0 Å². The lowest BCUT2D eigenvalue weighted by molar-refractivity contribution is -0.114. The van der Waals surface area contributed by atoms with E-state index < -0.39 is 10.0 Å². The van der Waals surface area contributed by atoms with Gasteiger partial charge in [0.2, 0.25) is 10.0 Å². The lowest BCUT2D eigenvalue weighted by Gasteiger charge is -2.12. The number of primary sulfonamides is 1. The van der Waals surface area contributed by atoms with Crippen molar-refractivity contribution in [1.29, 1.82) is 0 Å². The number of hydrogen-bond donors (Lipinski definition) is 1. The van der Waals surface area contributed by atoms with Gasteiger partial charge in [0.15, 0.2) is 0 Å². The molecule has 2 aromatic carbocycles. The number of amides is 1. The van der Waals surface area contributed by atoms with Crippen LogP contribution in [-0.2, 0) is 14.8 Å². The van der Waals surface area contributed by atoms with E-state index >= 15 is 0 Å². The van der Waals surface area contributed by atoms with Crippen molar-refractivity contribution in [1.82, 2.24) is 0 Å². The molecule has 158 valence electrons. The molecule has 1 aliphatic heterocycles. The Labute approximate surface area is 184 Å². The summed E-state index contributed by atoms with van der Waals surface area (Å²) in [6.07, 6.45) is 3.72. The minimum atomic E-state index is -3.81. The van der Waals surface area contributed by atoms with Gasteiger partial charge in [-0.25, -0.2) is 13.6 Å². The number of hydrogen-bond acceptors (Lipinski definition) is 5. The Morgan fingerprint density at radius 1 is 1.20 bits per heavy atom. The number of carbonyl (C=O) groups is 1. The zero-order valence-corrected chi connectivity index (χ0v) is 19.0. The van der Waals surface area contributed by atoms with E-state index in [0.717, 1.165) is 22.9 Å². The Balaban J connectivity index is 1.90. The molecule has 0 radical (unpaired) electrons. The van der Waals surface area contributed by atoms with E-state index in [9.17, 15) is 13.2 Å². The molecule has 2 N–H and O–H groups in total. The van der Waals surface area contributed by atoms with Crippen molar-refractivity contribution in [3.8, 4) is 5.75 Å². The van der Waals surface area contributed by atoms with Crippen molar-refractivity contribution < 1.29 is 17.9 Å². The van der Waals surface area contributed by atoms with Crippen molar-refractivity contribution in [3.63, 3.8) is 0 Å². The van der Waals surface area contributed by atoms with Crippen molar-refractivity contribution in [3.05, 3.63) is 58.1 Å². The molecule has 9 heteroatoms. The highest BCUT2D eigenvalue weighted by Crippen LogP contribution is 2.30. The van der Waals surface area contributed by atoms with Gasteiger partial charge in [0, 0.05) is 10.0 Å². The molecule has 0 aliphatic carbocycles. The highest BCUT2D eigenvalue weighted by molar-refractivity contribution is 9.10. The van der Waals surface area contributed by atoms with Crippen LogP contribution in [0.25, 0.3) is 6.08 Å². The minimum absolute atomic E-state index is 0.0302. The molecule has 1 heterocycles. The van der Waals surface area contributed by atoms with Gasteiger partial charge in [0.25, 0.3) is 5.91 Å². The average molecular weight is 492 g/mol. The third-order valence-corrected chi connectivity index (χ3v) is 5.92. The number of nitrogens with two attached hydrogens (primary N) is 1. The van der Waals surface area contributed by atoms with E-state index in [1.807, 2.05) is 18.2 Å². The number of anilines is 1. The van der Waals surface area contributed by atoms with Crippen LogP contribution in [0.1, 0.15) is 32.3 Å². The van der Waals surface area contributed by atoms with Gasteiger partial charge in [0.1, 0.15) is 5.75 Å². The molecule has 3 rings (SSSR count). The molecule has 0 unspecified atom stereocenters. The molecular weight excluding hydrogens is 470 g/mol. The third-order valence-electron chi connectivity index (χ3n) is 4.50. The van der Waals surface area contributed by atoms with Crippen LogP contribution in [0, 0.1) is 0 Å². The Kier molecular flexibility index (Phi) is 6.74. The quantitative estimate of drug-likeness (QED) is 0.465. The summed E-state index contributed by atoms with van der Waals surface area (Å²) in [4.78, 5) is 13.0. The summed E-state index contributed by atoms with van der Waals surface area (Å²) in [5.41, 5.74) is 2.20. The Morgan fingerprint density at radius 3 is 2.53 bits per heavy atom. The molecule has 0 bridgehead atoms. The van der Waals surface area contributed by atoms with Gasteiger partial charge in [-0.1, -0.05) is 29.3 Å². The number of halogens is 1. The van der Waals surface area contributed by atoms with E-state index in [4.69, 9.17) is 9.88 Å². The van der Waals surface area contributed by atoms with Crippen LogP contribution in [0.15, 0.2) is 62.5 Å². The maximum atomic E-state index is 13.0. The standard InChI is InChI=1S/C21H22BrN3O4S/c1-3-4-11-29-20-10-5-16(22)12-15(20)13-19-14(2)24-25(21(19)26)17-6-8-18(9-7-17)30(23,27)28/h5-10,12-13H,3-4,11H2,1-2H3,(H2,23,27,28). The summed E-state index contributed by atoms with van der Waals surface area (Å²) in [5, 5.41) is 10.7. The number of sulfonamides is 1. The Morgan fingerprint density at radius 2 is 1.90 bits per heavy atom. The highest BCUT2D eigenvalue weighted by atomic mass is 79.9. The molecular formula is C21H22BrN3O4S. The number of ether oxygens (including phenoxy) is 1. The zero-order chi connectivity index (χ0) is 21.9. The lowest BCUT2D eigenvalue weighted by Crippen LogP contribution is -2.21. The van der Waals surface area contributed by atoms with Crippen LogP contribution < -0.4 is 14.9 Å². The molecule has 0 fully saturated rings. The largest absolute Gasteiger partial charge is 0.493 e. The van der Waals surface area contributed by atoms with Crippen LogP contribution >= 0.6 is 15.9 Å². The second-order valence-corrected chi connectivity index (χ2v) is 9.26. The topological polar surface area (TPSA) is 102 Å². The Hall–Kier alpha value is -2.49. The molecule has 0 spiro atoms. The first-order valence-electron chi connectivity index (χ1n) is 9.37. The van der Waals surface area contributed by atoms with Crippen molar-refractivity contribution >= 4 is 49.3 Å². The SMILES string of the molecule is CCCCOc1ccc(Br)cc1C=C1C(=O)N(c2ccc(S(N)(=O)=O)cc2)N=C1C. The second kappa shape index (κ2) is 9.11. The van der Waals surface area contributed by atoms with E-state index in [0.29, 0.717) is 29.3 Å². The predicted octanol–water partition coefficient (Wildman–Crippen LogP) is 4.08. The van der Waals surface area contributed by atoms with Crippen molar-refractivity contribution in [2.75, 3.05) is 11.6 Å². The summed E-state index contributed by atoms with van der Waals surface area (Å²) in [5.74, 6) is 0.381. The molecule has 30 heavy (non-hydrogen) atoms. The summed E-state index contributed by atoms with van der Waals surface area (Å²) in [6.45, 7) is 4.44. The lowest BCUT2D eigenvalue weighted by atomic mass is 10.1. The third kappa shape index (κ3) is 4.97. The Bertz CT molecular complexity index is 1130. The molecule has 2 aromatic rings. The fourth-order valence-electron chi connectivity index (χ4n) is 2.88. The molecule has 1 amide bonds. The number of unbranched alkanes of at least 4 members (excludes halogenated alkanes) is 1. The summed E-state index contributed by atoms with van der Waals surface area (Å²) >= 11 is 3.46. The fraction of sp³-hybridized carbons (Fsp3) is 0.238. The van der Waals surface area contributed by atoms with Gasteiger partial charge >= 0.3 is 0 Å². The van der Waals surface area contributed by atoms with Crippen LogP contribution in [-0.4, -0.2) is 26.6 Å². The maximum Gasteiger partial charge on any atom is 0.280 e. The van der Waals surface area contributed by atoms with Crippen molar-refractivity contribution in [2.45, 2.75) is 31.6 Å². The average Bonchev–Trinajstić information content (AvgIpc) is 2.97. The first-order valence-corrected chi connectivity index (χ1v) is 11.7. The van der Waals surface area contributed by atoms with Gasteiger partial charge < -0.3 is 4.74 Å². The van der Waals surface area contributed by atoms with E-state index in [-0.39, 0.29) is 10.8 Å². The number of nitrogens with zero attached hydrogens (tertiary/aromatic N) is 2.